The van der Waals surface area contributed by atoms with Gasteiger partial charge in [-0.3, -0.25) is 9.59 Å². The molecule has 0 aromatic carbocycles. The molecular weight excluding hydrogens is 244 g/mol. The monoisotopic (exact) mass is 262 g/mol. The molecule has 1 aromatic heterocycles. The maximum atomic E-state index is 11.7. The Bertz CT molecular complexity index is 509. The van der Waals surface area contributed by atoms with E-state index in [2.05, 4.69) is 20.8 Å². The van der Waals surface area contributed by atoms with Crippen LogP contribution in [-0.4, -0.2) is 29.1 Å². The molecule has 1 aromatic rings. The Kier molecular flexibility index (Phi) is 3.78. The van der Waals surface area contributed by atoms with Crippen molar-refractivity contribution in [2.45, 2.75) is 32.6 Å². The van der Waals surface area contributed by atoms with Gasteiger partial charge in [-0.05, 0) is 30.4 Å². The fourth-order valence-electron chi connectivity index (χ4n) is 1.78. The zero-order chi connectivity index (χ0) is 14.0. The lowest BCUT2D eigenvalue weighted by atomic mass is 10.0. The fraction of sp³-hybridized carbons (Fsp3) is 0.538. The SMILES string of the molecule is CNC(=O)c1nnc(NC(=O)C2CC2)cc1C(C)C. The van der Waals surface area contributed by atoms with Crippen LogP contribution in [0.4, 0.5) is 5.82 Å². The number of nitrogens with one attached hydrogen (secondary N) is 2. The predicted octanol–water partition coefficient (Wildman–Crippen LogP) is 1.31. The van der Waals surface area contributed by atoms with Crippen LogP contribution in [0.25, 0.3) is 0 Å². The smallest absolute Gasteiger partial charge is 0.271 e. The molecule has 1 heterocycles. The highest BCUT2D eigenvalue weighted by atomic mass is 16.2. The average Bonchev–Trinajstić information content (AvgIpc) is 3.22. The highest BCUT2D eigenvalue weighted by molar-refractivity contribution is 5.95. The largest absolute Gasteiger partial charge is 0.354 e. The predicted molar refractivity (Wildman–Crippen MR) is 70.9 cm³/mol. The number of nitrogens with zero attached hydrogens (tertiary/aromatic N) is 2. The van der Waals surface area contributed by atoms with Gasteiger partial charge in [-0.15, -0.1) is 10.2 Å². The molecular formula is C13H18N4O2. The van der Waals surface area contributed by atoms with Crippen molar-refractivity contribution in [3.05, 3.63) is 17.3 Å². The number of hydrogen-bond acceptors (Lipinski definition) is 4. The molecule has 0 radical (unpaired) electrons. The molecule has 102 valence electrons. The minimum Gasteiger partial charge on any atom is -0.354 e. The molecule has 0 bridgehead atoms. The quantitative estimate of drug-likeness (QED) is 0.856. The first-order valence-electron chi connectivity index (χ1n) is 6.43. The van der Waals surface area contributed by atoms with Crippen LogP contribution in [0.3, 0.4) is 0 Å². The van der Waals surface area contributed by atoms with E-state index < -0.39 is 0 Å². The number of carbonyl (C=O) groups excluding carboxylic acids is 2. The van der Waals surface area contributed by atoms with Gasteiger partial charge in [-0.2, -0.15) is 0 Å². The summed E-state index contributed by atoms with van der Waals surface area (Å²) in [5, 5.41) is 13.1. The van der Waals surface area contributed by atoms with E-state index in [9.17, 15) is 9.59 Å². The minimum absolute atomic E-state index is 0.0169. The van der Waals surface area contributed by atoms with E-state index in [1.165, 1.54) is 0 Å². The average molecular weight is 262 g/mol. The Balaban J connectivity index is 2.24. The number of hydrogen-bond donors (Lipinski definition) is 2. The maximum absolute atomic E-state index is 11.7. The van der Waals surface area contributed by atoms with Crippen LogP contribution in [0.15, 0.2) is 6.07 Å². The molecule has 1 aliphatic carbocycles. The summed E-state index contributed by atoms with van der Waals surface area (Å²) in [6.45, 7) is 3.94. The van der Waals surface area contributed by atoms with Gasteiger partial charge in [0.15, 0.2) is 11.5 Å². The Labute approximate surface area is 112 Å². The lowest BCUT2D eigenvalue weighted by molar-refractivity contribution is -0.117. The van der Waals surface area contributed by atoms with E-state index in [1.807, 2.05) is 13.8 Å². The van der Waals surface area contributed by atoms with Crippen LogP contribution < -0.4 is 10.6 Å². The minimum atomic E-state index is -0.267. The molecule has 0 atom stereocenters. The summed E-state index contributed by atoms with van der Waals surface area (Å²) in [6, 6.07) is 1.72. The third kappa shape index (κ3) is 3.07. The van der Waals surface area contributed by atoms with Crippen molar-refractivity contribution in [2.75, 3.05) is 12.4 Å². The number of carbonyl (C=O) groups is 2. The van der Waals surface area contributed by atoms with Crippen molar-refractivity contribution in [3.63, 3.8) is 0 Å². The van der Waals surface area contributed by atoms with Crippen molar-refractivity contribution in [1.82, 2.24) is 15.5 Å². The van der Waals surface area contributed by atoms with Crippen LogP contribution in [-0.2, 0) is 4.79 Å². The van der Waals surface area contributed by atoms with Crippen LogP contribution in [0.5, 0.6) is 0 Å². The Morgan fingerprint density at radius 2 is 2.00 bits per heavy atom. The second-order valence-corrected chi connectivity index (χ2v) is 5.03. The number of anilines is 1. The number of aromatic nitrogens is 2. The standard InChI is InChI=1S/C13H18N4O2/c1-7(2)9-6-10(15-12(18)8-4-5-8)16-17-11(9)13(19)14-3/h6-8H,4-5H2,1-3H3,(H,14,19)(H,15,16,18). The fourth-order valence-corrected chi connectivity index (χ4v) is 1.78. The van der Waals surface area contributed by atoms with E-state index in [0.29, 0.717) is 11.5 Å². The highest BCUT2D eigenvalue weighted by Crippen LogP contribution is 2.30. The molecule has 2 amide bonds. The molecule has 2 N–H and O–H groups in total. The maximum Gasteiger partial charge on any atom is 0.271 e. The molecule has 1 aliphatic rings. The molecule has 19 heavy (non-hydrogen) atoms. The molecule has 6 nitrogen and oxygen atoms in total. The van der Waals surface area contributed by atoms with Gasteiger partial charge in [0, 0.05) is 13.0 Å². The Hall–Kier alpha value is -1.98. The zero-order valence-electron chi connectivity index (χ0n) is 11.4. The second kappa shape index (κ2) is 5.34. The zero-order valence-corrected chi connectivity index (χ0v) is 11.4. The summed E-state index contributed by atoms with van der Waals surface area (Å²) in [5.41, 5.74) is 1.09. The Morgan fingerprint density at radius 1 is 1.32 bits per heavy atom. The van der Waals surface area contributed by atoms with Gasteiger partial charge in [0.1, 0.15) is 0 Å². The van der Waals surface area contributed by atoms with Crippen molar-refractivity contribution in [2.24, 2.45) is 5.92 Å². The molecule has 1 fully saturated rings. The van der Waals surface area contributed by atoms with E-state index in [1.54, 1.807) is 13.1 Å². The van der Waals surface area contributed by atoms with Gasteiger partial charge < -0.3 is 10.6 Å². The molecule has 1 saturated carbocycles. The molecule has 0 aliphatic heterocycles. The third-order valence-electron chi connectivity index (χ3n) is 3.09. The van der Waals surface area contributed by atoms with E-state index >= 15 is 0 Å². The summed E-state index contributed by atoms with van der Waals surface area (Å²) in [5.74, 6) is 0.364. The summed E-state index contributed by atoms with van der Waals surface area (Å²) in [7, 11) is 1.55. The lowest BCUT2D eigenvalue weighted by Crippen LogP contribution is -2.23. The molecule has 6 heteroatoms. The van der Waals surface area contributed by atoms with Crippen molar-refractivity contribution >= 4 is 17.6 Å². The van der Waals surface area contributed by atoms with Crippen molar-refractivity contribution in [1.29, 1.82) is 0 Å². The molecule has 0 unspecified atom stereocenters. The summed E-state index contributed by atoms with van der Waals surface area (Å²) in [6.07, 6.45) is 1.87. The molecule has 0 spiro atoms. The van der Waals surface area contributed by atoms with Gasteiger partial charge >= 0.3 is 0 Å². The topological polar surface area (TPSA) is 84.0 Å². The number of amides is 2. The van der Waals surface area contributed by atoms with Gasteiger partial charge in [-0.1, -0.05) is 13.8 Å². The van der Waals surface area contributed by atoms with Crippen LogP contribution in [0.1, 0.15) is 48.7 Å². The highest BCUT2D eigenvalue weighted by Gasteiger charge is 2.30. The summed E-state index contributed by atoms with van der Waals surface area (Å²) in [4.78, 5) is 23.4. The van der Waals surface area contributed by atoms with E-state index in [0.717, 1.165) is 18.4 Å². The second-order valence-electron chi connectivity index (χ2n) is 5.03. The first-order chi connectivity index (χ1) is 9.02. The summed E-state index contributed by atoms with van der Waals surface area (Å²) < 4.78 is 0. The van der Waals surface area contributed by atoms with Gasteiger partial charge in [0.2, 0.25) is 5.91 Å². The van der Waals surface area contributed by atoms with Gasteiger partial charge in [-0.25, -0.2) is 0 Å². The van der Waals surface area contributed by atoms with Crippen molar-refractivity contribution < 1.29 is 9.59 Å². The molecule has 2 rings (SSSR count). The first kappa shape index (κ1) is 13.5. The number of rotatable bonds is 4. The van der Waals surface area contributed by atoms with E-state index in [-0.39, 0.29) is 23.7 Å². The van der Waals surface area contributed by atoms with Gasteiger partial charge in [0.05, 0.1) is 0 Å². The first-order valence-corrected chi connectivity index (χ1v) is 6.43. The van der Waals surface area contributed by atoms with E-state index in [4.69, 9.17) is 0 Å². The van der Waals surface area contributed by atoms with Crippen LogP contribution >= 0.6 is 0 Å². The van der Waals surface area contributed by atoms with Crippen molar-refractivity contribution in [3.8, 4) is 0 Å². The van der Waals surface area contributed by atoms with Crippen LogP contribution in [0.2, 0.25) is 0 Å². The van der Waals surface area contributed by atoms with Crippen LogP contribution in [0, 0.1) is 5.92 Å². The summed E-state index contributed by atoms with van der Waals surface area (Å²) >= 11 is 0. The normalized spacial score (nSPS) is 14.3. The third-order valence-corrected chi connectivity index (χ3v) is 3.09. The Morgan fingerprint density at radius 3 is 2.53 bits per heavy atom. The molecule has 0 saturated heterocycles. The van der Waals surface area contributed by atoms with Gasteiger partial charge in [0.25, 0.3) is 5.91 Å². The lowest BCUT2D eigenvalue weighted by Gasteiger charge is -2.12.